The lowest BCUT2D eigenvalue weighted by molar-refractivity contribution is -0.155. The van der Waals surface area contributed by atoms with Crippen molar-refractivity contribution in [2.45, 2.75) is 51.6 Å². The summed E-state index contributed by atoms with van der Waals surface area (Å²) in [5.41, 5.74) is 0. The van der Waals surface area contributed by atoms with E-state index in [0.29, 0.717) is 6.61 Å². The highest BCUT2D eigenvalue weighted by Crippen LogP contribution is 2.20. The molecule has 0 amide bonds. The van der Waals surface area contributed by atoms with Crippen LogP contribution in [0, 0.1) is 5.92 Å². The summed E-state index contributed by atoms with van der Waals surface area (Å²) >= 11 is 0. The van der Waals surface area contributed by atoms with E-state index in [1.54, 1.807) is 7.11 Å². The van der Waals surface area contributed by atoms with Crippen molar-refractivity contribution in [3.8, 4) is 0 Å². The Morgan fingerprint density at radius 2 is 1.87 bits per heavy atom. The molecule has 3 heteroatoms. The Labute approximate surface area is 92.1 Å². The molecule has 1 atom stereocenters. The van der Waals surface area contributed by atoms with Crippen LogP contribution in [0.25, 0.3) is 0 Å². The van der Waals surface area contributed by atoms with Crippen molar-refractivity contribution in [2.24, 2.45) is 5.92 Å². The second kappa shape index (κ2) is 6.83. The minimum atomic E-state index is -0.141. The molecule has 3 nitrogen and oxygen atoms in total. The summed E-state index contributed by atoms with van der Waals surface area (Å²) in [6.45, 7) is 2.30. The number of carbonyl (C=O) groups excluding carboxylic acids is 1. The summed E-state index contributed by atoms with van der Waals surface area (Å²) in [7, 11) is 1.61. The molecule has 0 N–H and O–H groups in total. The molecule has 0 aromatic rings. The molecule has 1 saturated carbocycles. The van der Waals surface area contributed by atoms with Gasteiger partial charge in [-0.15, -0.1) is 0 Å². The normalized spacial score (nSPS) is 20.7. The van der Waals surface area contributed by atoms with Crippen LogP contribution in [-0.2, 0) is 14.3 Å². The standard InChI is InChI=1S/C12H22O3/c1-10(9-14-2)12(13)15-11-7-5-3-4-6-8-11/h10-11H,3-9H2,1-2H3. The Hall–Kier alpha value is -0.570. The van der Waals surface area contributed by atoms with Gasteiger partial charge in [-0.2, -0.15) is 0 Å². The van der Waals surface area contributed by atoms with Gasteiger partial charge in [0, 0.05) is 7.11 Å². The van der Waals surface area contributed by atoms with Gasteiger partial charge in [0.15, 0.2) is 0 Å². The van der Waals surface area contributed by atoms with Crippen LogP contribution >= 0.6 is 0 Å². The van der Waals surface area contributed by atoms with Gasteiger partial charge in [0.2, 0.25) is 0 Å². The fourth-order valence-corrected chi connectivity index (χ4v) is 1.96. The highest BCUT2D eigenvalue weighted by atomic mass is 16.5. The van der Waals surface area contributed by atoms with Gasteiger partial charge in [0.25, 0.3) is 0 Å². The molecule has 0 bridgehead atoms. The van der Waals surface area contributed by atoms with Crippen LogP contribution in [-0.4, -0.2) is 25.8 Å². The van der Waals surface area contributed by atoms with Crippen LogP contribution in [0.15, 0.2) is 0 Å². The van der Waals surface area contributed by atoms with Gasteiger partial charge in [0.1, 0.15) is 6.10 Å². The molecule has 0 aliphatic heterocycles. The number of rotatable bonds is 4. The zero-order valence-electron chi connectivity index (χ0n) is 9.83. The molecule has 0 heterocycles. The molecule has 1 aliphatic rings. The van der Waals surface area contributed by atoms with Crippen molar-refractivity contribution in [2.75, 3.05) is 13.7 Å². The topological polar surface area (TPSA) is 35.5 Å². The predicted molar refractivity (Wildman–Crippen MR) is 58.6 cm³/mol. The summed E-state index contributed by atoms with van der Waals surface area (Å²) in [5.74, 6) is -0.248. The van der Waals surface area contributed by atoms with Gasteiger partial charge >= 0.3 is 5.97 Å². The van der Waals surface area contributed by atoms with E-state index in [1.807, 2.05) is 6.92 Å². The predicted octanol–water partition coefficient (Wildman–Crippen LogP) is 2.53. The third kappa shape index (κ3) is 4.65. The Bertz CT molecular complexity index is 183. The first kappa shape index (κ1) is 12.5. The van der Waals surface area contributed by atoms with Gasteiger partial charge in [0.05, 0.1) is 12.5 Å². The van der Waals surface area contributed by atoms with Gasteiger partial charge in [-0.05, 0) is 32.6 Å². The Kier molecular flexibility index (Phi) is 5.69. The fourth-order valence-electron chi connectivity index (χ4n) is 1.96. The minimum absolute atomic E-state index is 0.108. The molecule has 88 valence electrons. The second-order valence-corrected chi connectivity index (χ2v) is 4.41. The van der Waals surface area contributed by atoms with Crippen LogP contribution in [0.5, 0.6) is 0 Å². The van der Waals surface area contributed by atoms with Crippen molar-refractivity contribution in [1.29, 1.82) is 0 Å². The molecule has 0 saturated heterocycles. The first-order valence-electron chi connectivity index (χ1n) is 5.93. The summed E-state index contributed by atoms with van der Waals surface area (Å²) in [6, 6.07) is 0. The third-order valence-electron chi connectivity index (χ3n) is 2.90. The quantitative estimate of drug-likeness (QED) is 0.533. The van der Waals surface area contributed by atoms with Crippen LogP contribution < -0.4 is 0 Å². The number of carbonyl (C=O) groups is 1. The number of ether oxygens (including phenoxy) is 2. The molecule has 0 spiro atoms. The van der Waals surface area contributed by atoms with E-state index in [9.17, 15) is 4.79 Å². The van der Waals surface area contributed by atoms with Crippen LogP contribution in [0.4, 0.5) is 0 Å². The maximum Gasteiger partial charge on any atom is 0.311 e. The molecule has 15 heavy (non-hydrogen) atoms. The first-order chi connectivity index (χ1) is 7.24. The lowest BCUT2D eigenvalue weighted by atomic mass is 10.1. The first-order valence-corrected chi connectivity index (χ1v) is 5.93. The number of hydrogen-bond acceptors (Lipinski definition) is 3. The SMILES string of the molecule is COCC(C)C(=O)OC1CCCCCC1. The van der Waals surface area contributed by atoms with E-state index in [1.165, 1.54) is 25.7 Å². The fraction of sp³-hybridized carbons (Fsp3) is 0.917. The summed E-state index contributed by atoms with van der Waals surface area (Å²) in [6.07, 6.45) is 7.16. The highest BCUT2D eigenvalue weighted by Gasteiger charge is 2.20. The molecule has 1 unspecified atom stereocenters. The minimum Gasteiger partial charge on any atom is -0.462 e. The maximum atomic E-state index is 11.6. The van der Waals surface area contributed by atoms with Gasteiger partial charge < -0.3 is 9.47 Å². The van der Waals surface area contributed by atoms with E-state index in [0.717, 1.165) is 12.8 Å². The summed E-state index contributed by atoms with van der Waals surface area (Å²) in [4.78, 5) is 11.6. The smallest absolute Gasteiger partial charge is 0.311 e. The molecule has 0 aromatic carbocycles. The molecule has 1 aliphatic carbocycles. The van der Waals surface area contributed by atoms with Crippen LogP contribution in [0.3, 0.4) is 0 Å². The Morgan fingerprint density at radius 1 is 1.27 bits per heavy atom. The van der Waals surface area contributed by atoms with Crippen molar-refractivity contribution >= 4 is 5.97 Å². The Balaban J connectivity index is 2.28. The number of methoxy groups -OCH3 is 1. The average Bonchev–Trinajstić information content (AvgIpc) is 2.46. The lowest BCUT2D eigenvalue weighted by Crippen LogP contribution is -2.25. The monoisotopic (exact) mass is 214 g/mol. The van der Waals surface area contributed by atoms with Gasteiger partial charge in [-0.25, -0.2) is 0 Å². The van der Waals surface area contributed by atoms with Crippen molar-refractivity contribution in [1.82, 2.24) is 0 Å². The van der Waals surface area contributed by atoms with E-state index in [2.05, 4.69) is 0 Å². The molecule has 1 fully saturated rings. The Morgan fingerprint density at radius 3 is 2.40 bits per heavy atom. The second-order valence-electron chi connectivity index (χ2n) is 4.41. The number of hydrogen-bond donors (Lipinski definition) is 0. The van der Waals surface area contributed by atoms with E-state index >= 15 is 0 Å². The molecule has 0 radical (unpaired) electrons. The van der Waals surface area contributed by atoms with E-state index < -0.39 is 0 Å². The largest absolute Gasteiger partial charge is 0.462 e. The van der Waals surface area contributed by atoms with Crippen LogP contribution in [0.2, 0.25) is 0 Å². The zero-order chi connectivity index (χ0) is 11.1. The summed E-state index contributed by atoms with van der Waals surface area (Å²) < 4.78 is 10.4. The lowest BCUT2D eigenvalue weighted by Gasteiger charge is -2.18. The van der Waals surface area contributed by atoms with E-state index in [-0.39, 0.29) is 18.0 Å². The molecule has 1 rings (SSSR count). The highest BCUT2D eigenvalue weighted by molar-refractivity contribution is 5.72. The molecular weight excluding hydrogens is 192 g/mol. The third-order valence-corrected chi connectivity index (χ3v) is 2.90. The van der Waals surface area contributed by atoms with E-state index in [4.69, 9.17) is 9.47 Å². The maximum absolute atomic E-state index is 11.6. The van der Waals surface area contributed by atoms with Gasteiger partial charge in [-0.3, -0.25) is 4.79 Å². The van der Waals surface area contributed by atoms with Crippen molar-refractivity contribution in [3.63, 3.8) is 0 Å². The molecule has 0 aromatic heterocycles. The van der Waals surface area contributed by atoms with Crippen LogP contribution in [0.1, 0.15) is 45.4 Å². The molecular formula is C12H22O3. The average molecular weight is 214 g/mol. The number of esters is 1. The van der Waals surface area contributed by atoms with Gasteiger partial charge in [-0.1, -0.05) is 12.8 Å². The van der Waals surface area contributed by atoms with Crippen molar-refractivity contribution < 1.29 is 14.3 Å². The summed E-state index contributed by atoms with van der Waals surface area (Å²) in [5, 5.41) is 0. The van der Waals surface area contributed by atoms with Crippen molar-refractivity contribution in [3.05, 3.63) is 0 Å². The zero-order valence-corrected chi connectivity index (χ0v) is 9.83.